The van der Waals surface area contributed by atoms with Crippen LogP contribution in [0.3, 0.4) is 0 Å². The SMILES string of the molecule is CCC1(CBr)CCOC1C. The number of ether oxygens (including phenoxy) is 1. The second-order valence-electron chi connectivity index (χ2n) is 3.11. The molecule has 0 radical (unpaired) electrons. The van der Waals surface area contributed by atoms with Gasteiger partial charge in [0.25, 0.3) is 0 Å². The average molecular weight is 207 g/mol. The van der Waals surface area contributed by atoms with Crippen molar-refractivity contribution in [1.82, 2.24) is 0 Å². The Hall–Kier alpha value is 0.440. The molecule has 2 unspecified atom stereocenters. The maximum atomic E-state index is 5.52. The first-order valence-corrected chi connectivity index (χ1v) is 5.05. The molecule has 0 saturated carbocycles. The molecule has 1 fully saturated rings. The van der Waals surface area contributed by atoms with E-state index in [1.54, 1.807) is 0 Å². The Labute approximate surface area is 71.3 Å². The van der Waals surface area contributed by atoms with Gasteiger partial charge in [0.2, 0.25) is 0 Å². The largest absolute Gasteiger partial charge is 0.378 e. The third-order valence-electron chi connectivity index (χ3n) is 2.80. The minimum absolute atomic E-state index is 0.431. The van der Waals surface area contributed by atoms with Crippen molar-refractivity contribution in [2.45, 2.75) is 32.8 Å². The quantitative estimate of drug-likeness (QED) is 0.632. The predicted molar refractivity (Wildman–Crippen MR) is 46.5 cm³/mol. The number of halogens is 1. The van der Waals surface area contributed by atoms with Crippen molar-refractivity contribution < 1.29 is 4.74 Å². The second kappa shape index (κ2) is 3.22. The Morgan fingerprint density at radius 1 is 1.70 bits per heavy atom. The summed E-state index contributed by atoms with van der Waals surface area (Å²) in [5.74, 6) is 0. The van der Waals surface area contributed by atoms with E-state index in [1.165, 1.54) is 12.8 Å². The van der Waals surface area contributed by atoms with E-state index in [4.69, 9.17) is 4.74 Å². The highest BCUT2D eigenvalue weighted by Gasteiger charge is 2.38. The van der Waals surface area contributed by atoms with Crippen molar-refractivity contribution in [2.75, 3.05) is 11.9 Å². The zero-order chi connectivity index (χ0) is 7.61. The third-order valence-corrected chi connectivity index (χ3v) is 3.92. The molecule has 1 aliphatic heterocycles. The topological polar surface area (TPSA) is 9.23 Å². The summed E-state index contributed by atoms with van der Waals surface area (Å²) in [4.78, 5) is 0. The normalized spacial score (nSPS) is 40.5. The van der Waals surface area contributed by atoms with Crippen LogP contribution in [0.4, 0.5) is 0 Å². The zero-order valence-electron chi connectivity index (χ0n) is 6.69. The molecule has 0 aromatic heterocycles. The third kappa shape index (κ3) is 1.24. The number of hydrogen-bond acceptors (Lipinski definition) is 1. The van der Waals surface area contributed by atoms with E-state index in [0.717, 1.165) is 11.9 Å². The first kappa shape index (κ1) is 8.54. The number of alkyl halides is 1. The number of rotatable bonds is 2. The van der Waals surface area contributed by atoms with E-state index in [9.17, 15) is 0 Å². The molecular weight excluding hydrogens is 192 g/mol. The van der Waals surface area contributed by atoms with Gasteiger partial charge in [0.05, 0.1) is 6.10 Å². The van der Waals surface area contributed by atoms with Gasteiger partial charge in [-0.05, 0) is 19.8 Å². The lowest BCUT2D eigenvalue weighted by atomic mass is 9.81. The molecule has 0 aromatic carbocycles. The Morgan fingerprint density at radius 2 is 2.40 bits per heavy atom. The summed E-state index contributed by atoms with van der Waals surface area (Å²) in [6.45, 7) is 5.37. The van der Waals surface area contributed by atoms with Crippen LogP contribution in [0.2, 0.25) is 0 Å². The van der Waals surface area contributed by atoms with Gasteiger partial charge in [-0.25, -0.2) is 0 Å². The fourth-order valence-corrected chi connectivity index (χ4v) is 2.69. The van der Waals surface area contributed by atoms with Crippen LogP contribution in [-0.2, 0) is 4.74 Å². The summed E-state index contributed by atoms with van der Waals surface area (Å²) in [7, 11) is 0. The van der Waals surface area contributed by atoms with E-state index in [-0.39, 0.29) is 0 Å². The van der Waals surface area contributed by atoms with Crippen molar-refractivity contribution in [3.8, 4) is 0 Å². The van der Waals surface area contributed by atoms with Gasteiger partial charge in [0.1, 0.15) is 0 Å². The van der Waals surface area contributed by atoms with Gasteiger partial charge in [-0.2, -0.15) is 0 Å². The van der Waals surface area contributed by atoms with Crippen molar-refractivity contribution in [3.63, 3.8) is 0 Å². The van der Waals surface area contributed by atoms with E-state index >= 15 is 0 Å². The van der Waals surface area contributed by atoms with Gasteiger partial charge in [-0.1, -0.05) is 22.9 Å². The summed E-state index contributed by atoms with van der Waals surface area (Å²) in [6.07, 6.45) is 2.88. The van der Waals surface area contributed by atoms with Gasteiger partial charge in [0, 0.05) is 17.4 Å². The molecule has 10 heavy (non-hydrogen) atoms. The van der Waals surface area contributed by atoms with E-state index in [1.807, 2.05) is 0 Å². The lowest BCUT2D eigenvalue weighted by Gasteiger charge is -2.28. The standard InChI is InChI=1S/C8H15BrO/c1-3-8(6-9)4-5-10-7(8)2/h7H,3-6H2,1-2H3. The van der Waals surface area contributed by atoms with Crippen LogP contribution in [0.15, 0.2) is 0 Å². The fourth-order valence-electron chi connectivity index (χ4n) is 1.55. The van der Waals surface area contributed by atoms with Gasteiger partial charge >= 0.3 is 0 Å². The first-order valence-electron chi connectivity index (χ1n) is 3.93. The number of hydrogen-bond donors (Lipinski definition) is 0. The van der Waals surface area contributed by atoms with Crippen LogP contribution >= 0.6 is 15.9 Å². The molecule has 1 aliphatic rings. The summed E-state index contributed by atoms with van der Waals surface area (Å²) in [5, 5.41) is 1.08. The highest BCUT2D eigenvalue weighted by molar-refractivity contribution is 9.09. The second-order valence-corrected chi connectivity index (χ2v) is 3.67. The van der Waals surface area contributed by atoms with Gasteiger partial charge in [-0.15, -0.1) is 0 Å². The predicted octanol–water partition coefficient (Wildman–Crippen LogP) is 2.59. The monoisotopic (exact) mass is 206 g/mol. The van der Waals surface area contributed by atoms with E-state index < -0.39 is 0 Å². The van der Waals surface area contributed by atoms with Crippen LogP contribution in [-0.4, -0.2) is 18.0 Å². The summed E-state index contributed by atoms with van der Waals surface area (Å²) in [5.41, 5.74) is 0.431. The molecule has 2 atom stereocenters. The van der Waals surface area contributed by atoms with Crippen LogP contribution in [0.1, 0.15) is 26.7 Å². The molecule has 0 N–H and O–H groups in total. The van der Waals surface area contributed by atoms with Crippen molar-refractivity contribution in [3.05, 3.63) is 0 Å². The molecule has 0 amide bonds. The van der Waals surface area contributed by atoms with Crippen molar-refractivity contribution in [2.24, 2.45) is 5.41 Å². The molecule has 0 aliphatic carbocycles. The molecule has 1 saturated heterocycles. The molecule has 1 heterocycles. The van der Waals surface area contributed by atoms with Crippen LogP contribution in [0, 0.1) is 5.41 Å². The van der Waals surface area contributed by atoms with Gasteiger partial charge in [-0.3, -0.25) is 0 Å². The summed E-state index contributed by atoms with van der Waals surface area (Å²) >= 11 is 3.55. The molecule has 1 nitrogen and oxygen atoms in total. The van der Waals surface area contributed by atoms with Gasteiger partial charge < -0.3 is 4.74 Å². The highest BCUT2D eigenvalue weighted by Crippen LogP contribution is 2.39. The minimum atomic E-state index is 0.431. The van der Waals surface area contributed by atoms with Crippen LogP contribution in [0.25, 0.3) is 0 Å². The summed E-state index contributed by atoms with van der Waals surface area (Å²) < 4.78 is 5.52. The Morgan fingerprint density at radius 3 is 2.60 bits per heavy atom. The lowest BCUT2D eigenvalue weighted by Crippen LogP contribution is -2.29. The first-order chi connectivity index (χ1) is 4.75. The van der Waals surface area contributed by atoms with Crippen LogP contribution < -0.4 is 0 Å². The Kier molecular flexibility index (Phi) is 2.75. The minimum Gasteiger partial charge on any atom is -0.378 e. The molecule has 0 spiro atoms. The molecular formula is C8H15BrO. The Bertz CT molecular complexity index is 110. The highest BCUT2D eigenvalue weighted by atomic mass is 79.9. The molecule has 1 rings (SSSR count). The molecule has 0 aromatic rings. The van der Waals surface area contributed by atoms with E-state index in [0.29, 0.717) is 11.5 Å². The Balaban J connectivity index is 2.61. The fraction of sp³-hybridized carbons (Fsp3) is 1.00. The summed E-state index contributed by atoms with van der Waals surface area (Å²) in [6, 6.07) is 0. The molecule has 0 bridgehead atoms. The maximum absolute atomic E-state index is 5.52. The molecule has 60 valence electrons. The smallest absolute Gasteiger partial charge is 0.0611 e. The van der Waals surface area contributed by atoms with E-state index in [2.05, 4.69) is 29.8 Å². The zero-order valence-corrected chi connectivity index (χ0v) is 8.28. The molecule has 2 heteroatoms. The van der Waals surface area contributed by atoms with Crippen molar-refractivity contribution in [1.29, 1.82) is 0 Å². The average Bonchev–Trinajstić information content (AvgIpc) is 2.32. The lowest BCUT2D eigenvalue weighted by molar-refractivity contribution is 0.0729. The van der Waals surface area contributed by atoms with Crippen molar-refractivity contribution >= 4 is 15.9 Å². The van der Waals surface area contributed by atoms with Crippen LogP contribution in [0.5, 0.6) is 0 Å². The maximum Gasteiger partial charge on any atom is 0.0611 e. The van der Waals surface area contributed by atoms with Gasteiger partial charge in [0.15, 0.2) is 0 Å².